The van der Waals surface area contributed by atoms with Crippen LogP contribution in [0.4, 0.5) is 0 Å². The van der Waals surface area contributed by atoms with Crippen LogP contribution in [0.25, 0.3) is 0 Å². The summed E-state index contributed by atoms with van der Waals surface area (Å²) in [6, 6.07) is -0.411. The fourth-order valence-corrected chi connectivity index (χ4v) is 2.53. The summed E-state index contributed by atoms with van der Waals surface area (Å²) in [6.07, 6.45) is 2.62. The first-order valence-corrected chi connectivity index (χ1v) is 6.55. The number of aryl methyl sites for hydroxylation is 1. The molecule has 1 aromatic heterocycles. The van der Waals surface area contributed by atoms with Gasteiger partial charge in [0.15, 0.2) is 0 Å². The summed E-state index contributed by atoms with van der Waals surface area (Å²) in [5.41, 5.74) is 2.35. The molecule has 92 valence electrons. The Morgan fingerprint density at radius 3 is 3.12 bits per heavy atom. The number of hydrogen-bond donors (Lipinski definition) is 2. The molecule has 0 unspecified atom stereocenters. The van der Waals surface area contributed by atoms with Gasteiger partial charge in [-0.1, -0.05) is 0 Å². The highest BCUT2D eigenvalue weighted by molar-refractivity contribution is 7.11. The minimum Gasteiger partial charge on any atom is -0.354 e. The van der Waals surface area contributed by atoms with E-state index in [1.165, 1.54) is 11.3 Å². The van der Waals surface area contributed by atoms with Crippen molar-refractivity contribution in [1.82, 2.24) is 15.6 Å². The van der Waals surface area contributed by atoms with E-state index in [2.05, 4.69) is 15.6 Å². The largest absolute Gasteiger partial charge is 0.354 e. The van der Waals surface area contributed by atoms with Gasteiger partial charge in [-0.2, -0.15) is 0 Å². The number of carbonyl (C=O) groups is 2. The zero-order valence-corrected chi connectivity index (χ0v) is 10.5. The Kier molecular flexibility index (Phi) is 3.73. The van der Waals surface area contributed by atoms with Gasteiger partial charge in [0.25, 0.3) is 5.91 Å². The van der Waals surface area contributed by atoms with Gasteiger partial charge in [0.2, 0.25) is 5.91 Å². The van der Waals surface area contributed by atoms with E-state index >= 15 is 0 Å². The molecule has 0 radical (unpaired) electrons. The maximum Gasteiger partial charge on any atom is 0.263 e. The number of thiazole rings is 1. The van der Waals surface area contributed by atoms with E-state index in [0.29, 0.717) is 23.5 Å². The van der Waals surface area contributed by atoms with Crippen molar-refractivity contribution in [2.24, 2.45) is 0 Å². The topological polar surface area (TPSA) is 71.1 Å². The lowest BCUT2D eigenvalue weighted by Gasteiger charge is -2.14. The van der Waals surface area contributed by atoms with Crippen molar-refractivity contribution in [2.75, 3.05) is 6.54 Å². The minimum absolute atomic E-state index is 0.0852. The van der Waals surface area contributed by atoms with E-state index in [-0.39, 0.29) is 11.8 Å². The van der Waals surface area contributed by atoms with Gasteiger partial charge >= 0.3 is 0 Å². The first kappa shape index (κ1) is 12.0. The summed E-state index contributed by atoms with van der Waals surface area (Å²) in [5.74, 6) is -0.287. The van der Waals surface area contributed by atoms with Crippen molar-refractivity contribution in [1.29, 1.82) is 0 Å². The Morgan fingerprint density at radius 2 is 2.41 bits per heavy atom. The second-order valence-electron chi connectivity index (χ2n) is 4.08. The Hall–Kier alpha value is -1.43. The smallest absolute Gasteiger partial charge is 0.263 e. The average molecular weight is 253 g/mol. The third-order valence-corrected chi connectivity index (χ3v) is 3.72. The highest BCUT2D eigenvalue weighted by Crippen LogP contribution is 2.13. The van der Waals surface area contributed by atoms with E-state index in [4.69, 9.17) is 0 Å². The van der Waals surface area contributed by atoms with Gasteiger partial charge in [0, 0.05) is 6.54 Å². The molecule has 0 saturated carbocycles. The third kappa shape index (κ3) is 2.82. The fourth-order valence-electron chi connectivity index (χ4n) is 1.82. The Morgan fingerprint density at radius 1 is 1.59 bits per heavy atom. The number of carbonyl (C=O) groups excluding carboxylic acids is 2. The van der Waals surface area contributed by atoms with E-state index in [1.54, 1.807) is 12.4 Å². The molecule has 17 heavy (non-hydrogen) atoms. The number of nitrogens with one attached hydrogen (secondary N) is 2. The molecule has 1 aromatic rings. The van der Waals surface area contributed by atoms with E-state index in [1.807, 2.05) is 0 Å². The molecule has 5 nitrogen and oxygen atoms in total. The molecule has 0 bridgehead atoms. The minimum atomic E-state index is -0.411. The highest BCUT2D eigenvalue weighted by atomic mass is 32.1. The molecular formula is C11H15N3O2S. The monoisotopic (exact) mass is 253 g/mol. The molecule has 1 aliphatic heterocycles. The number of amides is 2. The second-order valence-corrected chi connectivity index (χ2v) is 4.93. The molecule has 0 spiro atoms. The van der Waals surface area contributed by atoms with Crippen LogP contribution in [-0.2, 0) is 4.79 Å². The Labute approximate surface area is 104 Å². The zero-order valence-electron chi connectivity index (χ0n) is 9.66. The van der Waals surface area contributed by atoms with Crippen molar-refractivity contribution in [3.8, 4) is 0 Å². The third-order valence-electron chi connectivity index (χ3n) is 2.79. The first-order chi connectivity index (χ1) is 8.18. The standard InChI is InChI=1S/C11H15N3O2S/c1-7-9(17-6-13-7)11(16)14-8-4-2-3-5-12-10(8)15/h6,8H,2-5H2,1H3,(H,12,15)(H,14,16)/t8-/m0/s1. The Balaban J connectivity index is 2.02. The molecule has 0 aromatic carbocycles. The number of hydrogen-bond acceptors (Lipinski definition) is 4. The van der Waals surface area contributed by atoms with Gasteiger partial charge in [-0.15, -0.1) is 11.3 Å². The van der Waals surface area contributed by atoms with E-state index in [9.17, 15) is 9.59 Å². The van der Waals surface area contributed by atoms with Gasteiger partial charge in [0.05, 0.1) is 11.2 Å². The normalized spacial score (nSPS) is 20.5. The molecule has 0 aliphatic carbocycles. The van der Waals surface area contributed by atoms with Crippen LogP contribution in [0.3, 0.4) is 0 Å². The quantitative estimate of drug-likeness (QED) is 0.821. The summed E-state index contributed by atoms with van der Waals surface area (Å²) in [7, 11) is 0. The van der Waals surface area contributed by atoms with Gasteiger partial charge < -0.3 is 10.6 Å². The lowest BCUT2D eigenvalue weighted by Crippen LogP contribution is -2.45. The van der Waals surface area contributed by atoms with E-state index in [0.717, 1.165) is 12.8 Å². The number of rotatable bonds is 2. The molecule has 1 saturated heterocycles. The van der Waals surface area contributed by atoms with Crippen LogP contribution >= 0.6 is 11.3 Å². The molecule has 2 heterocycles. The van der Waals surface area contributed by atoms with E-state index < -0.39 is 6.04 Å². The zero-order chi connectivity index (χ0) is 12.3. The fraction of sp³-hybridized carbons (Fsp3) is 0.545. The predicted octanol–water partition coefficient (Wildman–Crippen LogP) is 0.850. The predicted molar refractivity (Wildman–Crippen MR) is 65.0 cm³/mol. The first-order valence-electron chi connectivity index (χ1n) is 5.67. The molecule has 1 atom stereocenters. The maximum atomic E-state index is 11.9. The van der Waals surface area contributed by atoms with Crippen LogP contribution in [0.5, 0.6) is 0 Å². The summed E-state index contributed by atoms with van der Waals surface area (Å²) >= 11 is 1.30. The van der Waals surface area contributed by atoms with Crippen LogP contribution < -0.4 is 10.6 Å². The van der Waals surface area contributed by atoms with Crippen LogP contribution in [0.1, 0.15) is 34.6 Å². The molecular weight excluding hydrogens is 238 g/mol. The molecule has 2 rings (SSSR count). The van der Waals surface area contributed by atoms with Crippen molar-refractivity contribution < 1.29 is 9.59 Å². The Bertz CT molecular complexity index is 430. The van der Waals surface area contributed by atoms with Crippen molar-refractivity contribution in [3.63, 3.8) is 0 Å². The highest BCUT2D eigenvalue weighted by Gasteiger charge is 2.24. The second kappa shape index (κ2) is 5.27. The molecule has 2 N–H and O–H groups in total. The van der Waals surface area contributed by atoms with Gasteiger partial charge in [0.1, 0.15) is 10.9 Å². The molecule has 1 aliphatic rings. The molecule has 6 heteroatoms. The lowest BCUT2D eigenvalue weighted by atomic mass is 10.1. The maximum absolute atomic E-state index is 11.9. The van der Waals surface area contributed by atoms with Crippen molar-refractivity contribution >= 4 is 23.2 Å². The summed E-state index contributed by atoms with van der Waals surface area (Å²) in [4.78, 5) is 28.2. The van der Waals surface area contributed by atoms with Crippen molar-refractivity contribution in [3.05, 3.63) is 16.1 Å². The summed E-state index contributed by atoms with van der Waals surface area (Å²) < 4.78 is 0. The van der Waals surface area contributed by atoms with Gasteiger partial charge in [-0.05, 0) is 26.2 Å². The summed E-state index contributed by atoms with van der Waals surface area (Å²) in [5, 5.41) is 5.57. The summed E-state index contributed by atoms with van der Waals surface area (Å²) in [6.45, 7) is 2.49. The molecule has 2 amide bonds. The van der Waals surface area contributed by atoms with Crippen molar-refractivity contribution in [2.45, 2.75) is 32.2 Å². The SMILES string of the molecule is Cc1ncsc1C(=O)N[C@H]1CCCCNC1=O. The number of nitrogens with zero attached hydrogens (tertiary/aromatic N) is 1. The average Bonchev–Trinajstić information content (AvgIpc) is 2.63. The molecule has 1 fully saturated rings. The number of aromatic nitrogens is 1. The van der Waals surface area contributed by atoms with Crippen LogP contribution in [0, 0.1) is 6.92 Å². The van der Waals surface area contributed by atoms with Gasteiger partial charge in [-0.25, -0.2) is 4.98 Å². The van der Waals surface area contributed by atoms with Crippen LogP contribution in [0.2, 0.25) is 0 Å². The lowest BCUT2D eigenvalue weighted by molar-refractivity contribution is -0.122. The van der Waals surface area contributed by atoms with Crippen LogP contribution in [0.15, 0.2) is 5.51 Å². The van der Waals surface area contributed by atoms with Crippen LogP contribution in [-0.4, -0.2) is 29.4 Å². The van der Waals surface area contributed by atoms with Gasteiger partial charge in [-0.3, -0.25) is 9.59 Å².